The summed E-state index contributed by atoms with van der Waals surface area (Å²) >= 11 is 5.92. The van der Waals surface area contributed by atoms with Gasteiger partial charge in [-0.2, -0.15) is 4.31 Å². The first-order valence-corrected chi connectivity index (χ1v) is 12.1. The van der Waals surface area contributed by atoms with E-state index < -0.39 is 15.9 Å². The van der Waals surface area contributed by atoms with Crippen molar-refractivity contribution < 1.29 is 22.4 Å². The number of carbonyl (C=O) groups excluding carboxylic acids is 2. The van der Waals surface area contributed by atoms with Crippen molar-refractivity contribution in [2.45, 2.75) is 18.7 Å². The summed E-state index contributed by atoms with van der Waals surface area (Å²) in [6.45, 7) is 3.06. The monoisotopic (exact) mass is 493 g/mol. The summed E-state index contributed by atoms with van der Waals surface area (Å²) < 4.78 is 33.5. The molecule has 0 spiro atoms. The molecule has 4 rings (SSSR count). The van der Waals surface area contributed by atoms with Gasteiger partial charge in [-0.15, -0.1) is 0 Å². The molecule has 0 radical (unpaired) electrons. The molecule has 0 bridgehead atoms. The number of nitrogens with zero attached hydrogens (tertiary/aromatic N) is 1. The van der Waals surface area contributed by atoms with E-state index in [9.17, 15) is 18.0 Å². The Labute approximate surface area is 202 Å². The molecule has 0 aliphatic rings. The fraction of sp³-hybridized carbons (Fsp3) is 0.0769. The zero-order valence-electron chi connectivity index (χ0n) is 18.4. The van der Waals surface area contributed by atoms with Crippen molar-refractivity contribution in [2.75, 3.05) is 4.31 Å². The van der Waals surface area contributed by atoms with Gasteiger partial charge in [0.05, 0.1) is 16.1 Å². The number of anilines is 1. The second-order valence-corrected chi connectivity index (χ2v) is 9.80. The van der Waals surface area contributed by atoms with Crippen LogP contribution in [0.25, 0.3) is 17.0 Å². The van der Waals surface area contributed by atoms with Crippen LogP contribution in [0.1, 0.15) is 28.6 Å². The second-order valence-electron chi connectivity index (χ2n) is 7.58. The number of Topliss-reactive ketones (excluding diaryl/α,β-unsaturated/α-hetero) is 1. The maximum atomic E-state index is 13.6. The highest BCUT2D eigenvalue weighted by molar-refractivity contribution is 7.93. The number of hydrogen-bond donors (Lipinski definition) is 0. The van der Waals surface area contributed by atoms with Gasteiger partial charge in [-0.05, 0) is 68.0 Å². The topological polar surface area (TPSA) is 84.7 Å². The minimum absolute atomic E-state index is 0.0773. The van der Waals surface area contributed by atoms with Gasteiger partial charge in [0.15, 0.2) is 5.78 Å². The summed E-state index contributed by atoms with van der Waals surface area (Å²) in [5, 5.41) is 0.792. The maximum Gasteiger partial charge on any atom is 0.271 e. The molecule has 0 aliphatic carbocycles. The molecule has 0 fully saturated rings. The SMILES string of the molecule is CC(=O)c1c(C)oc2ccc(N(C(=O)/C=C\c3ccccc3)S(=O)(=O)c3ccc(Cl)cc3)cc12. The number of carbonyl (C=O) groups is 2. The average Bonchev–Trinajstić information content (AvgIpc) is 3.14. The molecule has 1 amide bonds. The molecule has 34 heavy (non-hydrogen) atoms. The number of sulfonamides is 1. The lowest BCUT2D eigenvalue weighted by atomic mass is 10.1. The predicted octanol–water partition coefficient (Wildman–Crippen LogP) is 6.03. The third-order valence-corrected chi connectivity index (χ3v) is 7.20. The quantitative estimate of drug-likeness (QED) is 0.242. The van der Waals surface area contributed by atoms with Crippen LogP contribution in [0.3, 0.4) is 0 Å². The Balaban J connectivity index is 1.88. The van der Waals surface area contributed by atoms with Crippen LogP contribution in [0.5, 0.6) is 0 Å². The Kier molecular flexibility index (Phi) is 6.41. The van der Waals surface area contributed by atoms with E-state index in [0.29, 0.717) is 31.6 Å². The zero-order chi connectivity index (χ0) is 24.5. The lowest BCUT2D eigenvalue weighted by Gasteiger charge is -2.21. The Morgan fingerprint density at radius 2 is 1.65 bits per heavy atom. The molecule has 0 saturated carbocycles. The van der Waals surface area contributed by atoms with E-state index in [4.69, 9.17) is 16.0 Å². The standard InChI is InChI=1S/C26H20ClNO5S/c1-17(29)26-18(2)33-24-14-11-21(16-23(24)26)28(25(30)15-8-19-6-4-3-5-7-19)34(31,32)22-12-9-20(27)10-13-22/h3-16H,1-2H3/b15-8-. The van der Waals surface area contributed by atoms with E-state index >= 15 is 0 Å². The van der Waals surface area contributed by atoms with Gasteiger partial charge in [-0.25, -0.2) is 8.42 Å². The molecule has 0 unspecified atom stereocenters. The van der Waals surface area contributed by atoms with Gasteiger partial charge < -0.3 is 4.42 Å². The van der Waals surface area contributed by atoms with Gasteiger partial charge in [-0.1, -0.05) is 41.9 Å². The number of hydrogen-bond acceptors (Lipinski definition) is 5. The third kappa shape index (κ3) is 4.53. The number of benzene rings is 3. The summed E-state index contributed by atoms with van der Waals surface area (Å²) in [5.74, 6) is -0.583. The summed E-state index contributed by atoms with van der Waals surface area (Å²) in [4.78, 5) is 25.4. The van der Waals surface area contributed by atoms with Gasteiger partial charge in [-0.3, -0.25) is 9.59 Å². The number of amides is 1. The van der Waals surface area contributed by atoms with Crippen LogP contribution in [-0.2, 0) is 14.8 Å². The van der Waals surface area contributed by atoms with Crippen molar-refractivity contribution in [1.82, 2.24) is 0 Å². The van der Waals surface area contributed by atoms with Crippen LogP contribution in [0, 0.1) is 6.92 Å². The Hall–Kier alpha value is -3.68. The molecule has 1 heterocycles. The molecule has 0 aliphatic heterocycles. The normalized spacial score (nSPS) is 11.7. The number of fused-ring (bicyclic) bond motifs is 1. The number of halogens is 1. The molecule has 1 aromatic heterocycles. The highest BCUT2D eigenvalue weighted by Gasteiger charge is 2.30. The largest absolute Gasteiger partial charge is 0.461 e. The molecule has 4 aromatic rings. The second kappa shape index (κ2) is 9.29. The van der Waals surface area contributed by atoms with Crippen molar-refractivity contribution in [3.05, 3.63) is 101 Å². The van der Waals surface area contributed by atoms with Crippen LogP contribution in [-0.4, -0.2) is 20.1 Å². The van der Waals surface area contributed by atoms with E-state index in [1.165, 1.54) is 55.5 Å². The highest BCUT2D eigenvalue weighted by Crippen LogP contribution is 2.32. The first kappa shape index (κ1) is 23.5. The predicted molar refractivity (Wildman–Crippen MR) is 133 cm³/mol. The first-order valence-electron chi connectivity index (χ1n) is 10.3. The van der Waals surface area contributed by atoms with Gasteiger partial charge in [0.1, 0.15) is 11.3 Å². The fourth-order valence-corrected chi connectivity index (χ4v) is 5.17. The number of aryl methyl sites for hydroxylation is 1. The summed E-state index contributed by atoms with van der Waals surface area (Å²) in [5.41, 5.74) is 1.57. The molecule has 3 aromatic carbocycles. The number of ketones is 1. The van der Waals surface area contributed by atoms with Crippen molar-refractivity contribution in [1.29, 1.82) is 0 Å². The van der Waals surface area contributed by atoms with Crippen LogP contribution >= 0.6 is 11.6 Å². The van der Waals surface area contributed by atoms with Crippen molar-refractivity contribution in [3.63, 3.8) is 0 Å². The Bertz CT molecular complexity index is 1520. The molecule has 0 atom stereocenters. The van der Waals surface area contributed by atoms with Crippen LogP contribution in [0.2, 0.25) is 5.02 Å². The maximum absolute atomic E-state index is 13.6. The zero-order valence-corrected chi connectivity index (χ0v) is 19.9. The molecule has 172 valence electrons. The van der Waals surface area contributed by atoms with Gasteiger partial charge >= 0.3 is 0 Å². The molecule has 8 heteroatoms. The number of furan rings is 1. The highest BCUT2D eigenvalue weighted by atomic mass is 35.5. The van der Waals surface area contributed by atoms with Crippen LogP contribution in [0.15, 0.2) is 88.2 Å². The van der Waals surface area contributed by atoms with E-state index in [2.05, 4.69) is 0 Å². The Morgan fingerprint density at radius 1 is 0.971 bits per heavy atom. The molecule has 6 nitrogen and oxygen atoms in total. The van der Waals surface area contributed by atoms with Gasteiger partial charge in [0.25, 0.3) is 15.9 Å². The van der Waals surface area contributed by atoms with Crippen molar-refractivity contribution in [3.8, 4) is 0 Å². The first-order chi connectivity index (χ1) is 16.2. The number of rotatable bonds is 6. The van der Waals surface area contributed by atoms with E-state index in [1.54, 1.807) is 25.1 Å². The summed E-state index contributed by atoms with van der Waals surface area (Å²) in [7, 11) is -4.31. The Morgan fingerprint density at radius 3 is 2.29 bits per heavy atom. The van der Waals surface area contributed by atoms with Gasteiger partial charge in [0, 0.05) is 16.5 Å². The minimum atomic E-state index is -4.31. The van der Waals surface area contributed by atoms with Crippen LogP contribution < -0.4 is 4.31 Å². The summed E-state index contributed by atoms with van der Waals surface area (Å²) in [6.07, 6.45) is 2.73. The lowest BCUT2D eigenvalue weighted by Crippen LogP contribution is -2.35. The molecular weight excluding hydrogens is 474 g/mol. The fourth-order valence-electron chi connectivity index (χ4n) is 3.67. The smallest absolute Gasteiger partial charge is 0.271 e. The molecule has 0 N–H and O–H groups in total. The minimum Gasteiger partial charge on any atom is -0.461 e. The molecule has 0 saturated heterocycles. The van der Waals surface area contributed by atoms with E-state index in [-0.39, 0.29) is 16.4 Å². The van der Waals surface area contributed by atoms with Gasteiger partial charge in [0.2, 0.25) is 0 Å². The van der Waals surface area contributed by atoms with E-state index in [1.807, 2.05) is 18.2 Å². The van der Waals surface area contributed by atoms with Crippen LogP contribution in [0.4, 0.5) is 5.69 Å². The average molecular weight is 494 g/mol. The van der Waals surface area contributed by atoms with Crippen molar-refractivity contribution >= 4 is 56.0 Å². The summed E-state index contributed by atoms with van der Waals surface area (Å²) in [6, 6.07) is 19.1. The van der Waals surface area contributed by atoms with Crippen molar-refractivity contribution in [2.24, 2.45) is 0 Å². The lowest BCUT2D eigenvalue weighted by molar-refractivity contribution is -0.113. The molecular formula is C26H20ClNO5S. The van der Waals surface area contributed by atoms with E-state index in [0.717, 1.165) is 5.56 Å². The third-order valence-electron chi connectivity index (χ3n) is 5.20.